The Hall–Kier alpha value is -2.56. The molecule has 1 aromatic carbocycles. The van der Waals surface area contributed by atoms with Crippen molar-refractivity contribution in [2.75, 3.05) is 0 Å². The van der Waals surface area contributed by atoms with Crippen LogP contribution in [0.1, 0.15) is 48.5 Å². The fourth-order valence-electron chi connectivity index (χ4n) is 3.75. The minimum absolute atomic E-state index is 0.207. The maximum Gasteiger partial charge on any atom is 0.287 e. The summed E-state index contributed by atoms with van der Waals surface area (Å²) >= 11 is 0. The molecule has 3 aromatic rings. The first-order valence-electron chi connectivity index (χ1n) is 9.07. The van der Waals surface area contributed by atoms with Gasteiger partial charge in [0.05, 0.1) is 23.8 Å². The number of aromatic nitrogens is 2. The monoisotopic (exact) mass is 337 g/mol. The summed E-state index contributed by atoms with van der Waals surface area (Å²) in [6.07, 6.45) is 8.07. The maximum absolute atomic E-state index is 12.2. The second-order valence-electron chi connectivity index (χ2n) is 6.79. The van der Waals surface area contributed by atoms with Crippen molar-refractivity contribution in [2.24, 2.45) is 5.92 Å². The first kappa shape index (κ1) is 15.9. The van der Waals surface area contributed by atoms with Gasteiger partial charge in [-0.05, 0) is 43.0 Å². The smallest absolute Gasteiger partial charge is 0.287 e. The standard InChI is InChI=1S/C20H23N3O2/c24-20(18-11-6-12-25-18)21-13-19-22-16-9-4-5-10-17(16)23(19)14-15-7-2-1-3-8-15/h4-6,9-12,15H,1-3,7-8,13-14H2,(H,21,24). The molecule has 0 atom stereocenters. The summed E-state index contributed by atoms with van der Waals surface area (Å²) in [5, 5.41) is 2.92. The van der Waals surface area contributed by atoms with Gasteiger partial charge in [0.2, 0.25) is 0 Å². The molecule has 25 heavy (non-hydrogen) atoms. The molecule has 5 heteroatoms. The Morgan fingerprint density at radius 1 is 1.16 bits per heavy atom. The summed E-state index contributed by atoms with van der Waals surface area (Å²) in [4.78, 5) is 16.9. The van der Waals surface area contributed by atoms with Crippen LogP contribution in [0.4, 0.5) is 0 Å². The van der Waals surface area contributed by atoms with Gasteiger partial charge in [0, 0.05) is 6.54 Å². The predicted octanol–water partition coefficient (Wildman–Crippen LogP) is 4.14. The lowest BCUT2D eigenvalue weighted by Crippen LogP contribution is -2.25. The number of nitrogens with zero attached hydrogens (tertiary/aromatic N) is 2. The number of carbonyl (C=O) groups excluding carboxylic acids is 1. The van der Waals surface area contributed by atoms with Gasteiger partial charge in [0.15, 0.2) is 5.76 Å². The summed E-state index contributed by atoms with van der Waals surface area (Å²) in [6.45, 7) is 1.38. The molecule has 0 radical (unpaired) electrons. The van der Waals surface area contributed by atoms with Crippen LogP contribution in [-0.2, 0) is 13.1 Å². The van der Waals surface area contributed by atoms with Crippen LogP contribution in [0.3, 0.4) is 0 Å². The van der Waals surface area contributed by atoms with E-state index in [1.165, 1.54) is 38.4 Å². The van der Waals surface area contributed by atoms with Gasteiger partial charge in [-0.25, -0.2) is 4.98 Å². The van der Waals surface area contributed by atoms with Gasteiger partial charge < -0.3 is 14.3 Å². The summed E-state index contributed by atoms with van der Waals surface area (Å²) in [5.74, 6) is 1.73. The molecule has 0 aliphatic heterocycles. The number of hydrogen-bond acceptors (Lipinski definition) is 3. The molecule has 1 aliphatic rings. The lowest BCUT2D eigenvalue weighted by molar-refractivity contribution is 0.0921. The molecule has 1 N–H and O–H groups in total. The molecule has 2 heterocycles. The third-order valence-electron chi connectivity index (χ3n) is 5.05. The molecule has 2 aromatic heterocycles. The quantitative estimate of drug-likeness (QED) is 0.761. The molecule has 5 nitrogen and oxygen atoms in total. The highest BCUT2D eigenvalue weighted by Crippen LogP contribution is 2.27. The lowest BCUT2D eigenvalue weighted by atomic mass is 9.89. The number of rotatable bonds is 5. The van der Waals surface area contributed by atoms with Gasteiger partial charge in [0.25, 0.3) is 5.91 Å². The first-order valence-corrected chi connectivity index (χ1v) is 9.07. The Balaban J connectivity index is 1.56. The van der Waals surface area contributed by atoms with Crippen molar-refractivity contribution >= 4 is 16.9 Å². The number of imidazole rings is 1. The Morgan fingerprint density at radius 2 is 2.00 bits per heavy atom. The van der Waals surface area contributed by atoms with Crippen LogP contribution in [0, 0.1) is 5.92 Å². The highest BCUT2D eigenvalue weighted by molar-refractivity contribution is 5.91. The van der Waals surface area contributed by atoms with E-state index in [4.69, 9.17) is 9.40 Å². The predicted molar refractivity (Wildman–Crippen MR) is 96.2 cm³/mol. The van der Waals surface area contributed by atoms with Crippen molar-refractivity contribution in [1.82, 2.24) is 14.9 Å². The van der Waals surface area contributed by atoms with Gasteiger partial charge in [-0.1, -0.05) is 31.4 Å². The molecule has 0 saturated heterocycles. The molecular weight excluding hydrogens is 314 g/mol. The third kappa shape index (κ3) is 3.45. The number of hydrogen-bond donors (Lipinski definition) is 1. The lowest BCUT2D eigenvalue weighted by Gasteiger charge is -2.23. The van der Waals surface area contributed by atoms with Crippen molar-refractivity contribution in [3.05, 3.63) is 54.2 Å². The van der Waals surface area contributed by atoms with E-state index in [1.54, 1.807) is 12.1 Å². The molecule has 0 spiro atoms. The highest BCUT2D eigenvalue weighted by Gasteiger charge is 2.19. The van der Waals surface area contributed by atoms with Gasteiger partial charge >= 0.3 is 0 Å². The topological polar surface area (TPSA) is 60.1 Å². The van der Waals surface area contributed by atoms with Crippen molar-refractivity contribution in [2.45, 2.75) is 45.2 Å². The van der Waals surface area contributed by atoms with Gasteiger partial charge in [-0.15, -0.1) is 0 Å². The van der Waals surface area contributed by atoms with Crippen LogP contribution in [0.15, 0.2) is 47.1 Å². The zero-order valence-electron chi connectivity index (χ0n) is 14.3. The number of amides is 1. The normalized spacial score (nSPS) is 15.5. The fraction of sp³-hybridized carbons (Fsp3) is 0.400. The number of carbonyl (C=O) groups is 1. The Bertz CT molecular complexity index is 845. The van der Waals surface area contributed by atoms with E-state index in [-0.39, 0.29) is 5.91 Å². The number of para-hydroxylation sites is 2. The van der Waals surface area contributed by atoms with Crippen LogP contribution in [-0.4, -0.2) is 15.5 Å². The second-order valence-corrected chi connectivity index (χ2v) is 6.79. The second kappa shape index (κ2) is 7.13. The number of benzene rings is 1. The summed E-state index contributed by atoms with van der Waals surface area (Å²) in [5.41, 5.74) is 2.14. The van der Waals surface area contributed by atoms with E-state index in [9.17, 15) is 4.79 Å². The molecule has 1 fully saturated rings. The van der Waals surface area contributed by atoms with E-state index in [0.717, 1.165) is 23.4 Å². The zero-order chi connectivity index (χ0) is 17.1. The third-order valence-corrected chi connectivity index (χ3v) is 5.05. The van der Waals surface area contributed by atoms with Crippen LogP contribution in [0.25, 0.3) is 11.0 Å². The average Bonchev–Trinajstić information content (AvgIpc) is 3.29. The molecule has 4 rings (SSSR count). The summed E-state index contributed by atoms with van der Waals surface area (Å²) < 4.78 is 7.44. The fourth-order valence-corrected chi connectivity index (χ4v) is 3.75. The minimum Gasteiger partial charge on any atom is -0.459 e. The number of furan rings is 1. The number of nitrogens with one attached hydrogen (secondary N) is 1. The largest absolute Gasteiger partial charge is 0.459 e. The van der Waals surface area contributed by atoms with Gasteiger partial charge in [-0.2, -0.15) is 0 Å². The minimum atomic E-state index is -0.207. The Morgan fingerprint density at radius 3 is 2.80 bits per heavy atom. The van der Waals surface area contributed by atoms with Crippen LogP contribution < -0.4 is 5.32 Å². The Labute approximate surface area is 147 Å². The van der Waals surface area contributed by atoms with Crippen LogP contribution in [0.5, 0.6) is 0 Å². The van der Waals surface area contributed by atoms with E-state index >= 15 is 0 Å². The molecule has 0 bridgehead atoms. The molecule has 1 aliphatic carbocycles. The van der Waals surface area contributed by atoms with E-state index in [1.807, 2.05) is 18.2 Å². The molecular formula is C20H23N3O2. The number of fused-ring (bicyclic) bond motifs is 1. The van der Waals surface area contributed by atoms with Crippen molar-refractivity contribution in [1.29, 1.82) is 0 Å². The SMILES string of the molecule is O=C(NCc1nc2ccccc2n1CC1CCCCC1)c1ccco1. The average molecular weight is 337 g/mol. The Kier molecular flexibility index (Phi) is 4.55. The van der Waals surface area contributed by atoms with Gasteiger partial charge in [0.1, 0.15) is 5.82 Å². The van der Waals surface area contributed by atoms with E-state index < -0.39 is 0 Å². The van der Waals surface area contributed by atoms with Crippen molar-refractivity contribution in [3.63, 3.8) is 0 Å². The van der Waals surface area contributed by atoms with Crippen LogP contribution in [0.2, 0.25) is 0 Å². The van der Waals surface area contributed by atoms with Crippen molar-refractivity contribution in [3.8, 4) is 0 Å². The molecule has 130 valence electrons. The highest BCUT2D eigenvalue weighted by atomic mass is 16.3. The molecule has 1 saturated carbocycles. The van der Waals surface area contributed by atoms with Gasteiger partial charge in [-0.3, -0.25) is 4.79 Å². The molecule has 0 unspecified atom stereocenters. The van der Waals surface area contributed by atoms with Crippen molar-refractivity contribution < 1.29 is 9.21 Å². The van der Waals surface area contributed by atoms with Crippen LogP contribution >= 0.6 is 0 Å². The summed E-state index contributed by atoms with van der Waals surface area (Å²) in [7, 11) is 0. The van der Waals surface area contributed by atoms with E-state index in [2.05, 4.69) is 16.0 Å². The van der Waals surface area contributed by atoms with E-state index in [0.29, 0.717) is 18.2 Å². The summed E-state index contributed by atoms with van der Waals surface area (Å²) in [6, 6.07) is 11.6. The zero-order valence-corrected chi connectivity index (χ0v) is 14.3. The molecule has 1 amide bonds. The first-order chi connectivity index (χ1) is 12.3. The maximum atomic E-state index is 12.2.